The molecule has 106 valence electrons. The van der Waals surface area contributed by atoms with E-state index >= 15 is 0 Å². The zero-order valence-corrected chi connectivity index (χ0v) is 11.3. The second-order valence-electron chi connectivity index (χ2n) is 3.79. The van der Waals surface area contributed by atoms with Crippen LogP contribution in [0.15, 0.2) is 47.8 Å². The van der Waals surface area contributed by atoms with Crippen LogP contribution in [-0.2, 0) is 10.0 Å². The van der Waals surface area contributed by atoms with Crippen molar-refractivity contribution in [1.29, 1.82) is 5.26 Å². The van der Waals surface area contributed by atoms with Gasteiger partial charge in [-0.3, -0.25) is 15.2 Å². The van der Waals surface area contributed by atoms with Gasteiger partial charge in [0.1, 0.15) is 5.69 Å². The van der Waals surface area contributed by atoms with Crippen molar-refractivity contribution in [3.8, 4) is 6.07 Å². The van der Waals surface area contributed by atoms with Crippen molar-refractivity contribution >= 4 is 15.9 Å². The highest BCUT2D eigenvalue weighted by Crippen LogP contribution is 2.09. The predicted octanol–water partition coefficient (Wildman–Crippen LogP) is -0.0284. The SMILES string of the molecule is N#Cc1ccc(S(=O)(=O)NNC(=O)c2cnccn2)cc1. The van der Waals surface area contributed by atoms with Crippen LogP contribution in [0.2, 0.25) is 0 Å². The minimum Gasteiger partial charge on any atom is -0.272 e. The van der Waals surface area contributed by atoms with Gasteiger partial charge in [-0.05, 0) is 24.3 Å². The molecule has 9 heteroatoms. The van der Waals surface area contributed by atoms with Crippen LogP contribution in [0.1, 0.15) is 16.1 Å². The van der Waals surface area contributed by atoms with Gasteiger partial charge in [-0.1, -0.05) is 0 Å². The van der Waals surface area contributed by atoms with Crippen molar-refractivity contribution in [2.75, 3.05) is 0 Å². The van der Waals surface area contributed by atoms with Crippen molar-refractivity contribution < 1.29 is 13.2 Å². The van der Waals surface area contributed by atoms with E-state index in [9.17, 15) is 13.2 Å². The summed E-state index contributed by atoms with van der Waals surface area (Å²) in [5.74, 6) is -0.736. The van der Waals surface area contributed by atoms with Crippen LogP contribution in [0.4, 0.5) is 0 Å². The van der Waals surface area contributed by atoms with Crippen LogP contribution < -0.4 is 10.3 Å². The zero-order chi connectivity index (χ0) is 15.3. The van der Waals surface area contributed by atoms with Gasteiger partial charge in [0.25, 0.3) is 15.9 Å². The van der Waals surface area contributed by atoms with E-state index in [4.69, 9.17) is 5.26 Å². The summed E-state index contributed by atoms with van der Waals surface area (Å²) in [7, 11) is -3.93. The zero-order valence-electron chi connectivity index (χ0n) is 10.5. The standard InChI is InChI=1S/C12H9N5O3S/c13-7-9-1-3-10(4-2-9)21(19,20)17-16-12(18)11-8-14-5-6-15-11/h1-6,8,17H,(H,16,18). The molecule has 0 radical (unpaired) electrons. The van der Waals surface area contributed by atoms with Crippen LogP contribution >= 0.6 is 0 Å². The molecule has 2 rings (SSSR count). The number of nitrogens with zero attached hydrogens (tertiary/aromatic N) is 3. The monoisotopic (exact) mass is 303 g/mol. The van der Waals surface area contributed by atoms with Gasteiger partial charge >= 0.3 is 0 Å². The number of aromatic nitrogens is 2. The van der Waals surface area contributed by atoms with Crippen LogP contribution in [-0.4, -0.2) is 24.3 Å². The van der Waals surface area contributed by atoms with Crippen molar-refractivity contribution in [2.24, 2.45) is 0 Å². The Morgan fingerprint density at radius 2 is 1.90 bits per heavy atom. The van der Waals surface area contributed by atoms with Gasteiger partial charge in [0.2, 0.25) is 0 Å². The number of hydrogen-bond acceptors (Lipinski definition) is 6. The third-order valence-electron chi connectivity index (χ3n) is 2.39. The molecule has 1 aromatic carbocycles. The number of carbonyl (C=O) groups excluding carboxylic acids is 1. The smallest absolute Gasteiger partial charge is 0.272 e. The largest absolute Gasteiger partial charge is 0.286 e. The van der Waals surface area contributed by atoms with E-state index in [1.165, 1.54) is 42.9 Å². The molecule has 1 amide bonds. The molecule has 2 N–H and O–H groups in total. The first kappa shape index (κ1) is 14.6. The third kappa shape index (κ3) is 3.59. The van der Waals surface area contributed by atoms with E-state index in [0.29, 0.717) is 5.56 Å². The Hall–Kier alpha value is -2.83. The fourth-order valence-electron chi connectivity index (χ4n) is 1.36. The number of benzene rings is 1. The molecular weight excluding hydrogens is 294 g/mol. The molecule has 0 spiro atoms. The lowest BCUT2D eigenvalue weighted by Crippen LogP contribution is -2.41. The van der Waals surface area contributed by atoms with Crippen molar-refractivity contribution in [3.05, 3.63) is 54.1 Å². The molecule has 8 nitrogen and oxygen atoms in total. The maximum Gasteiger partial charge on any atom is 0.286 e. The van der Waals surface area contributed by atoms with Gasteiger partial charge in [-0.25, -0.2) is 13.4 Å². The fraction of sp³-hybridized carbons (Fsp3) is 0. The lowest BCUT2D eigenvalue weighted by Gasteiger charge is -2.07. The Kier molecular flexibility index (Phi) is 4.22. The fourth-order valence-corrected chi connectivity index (χ4v) is 2.20. The summed E-state index contributed by atoms with van der Waals surface area (Å²) < 4.78 is 23.8. The summed E-state index contributed by atoms with van der Waals surface area (Å²) in [4.78, 5) is 20.9. The molecule has 0 fully saturated rings. The molecule has 0 aliphatic heterocycles. The minimum absolute atomic E-state index is 0.0278. The Bertz CT molecular complexity index is 782. The summed E-state index contributed by atoms with van der Waals surface area (Å²) in [6.07, 6.45) is 3.90. The molecule has 0 bridgehead atoms. The number of carbonyl (C=O) groups is 1. The minimum atomic E-state index is -3.93. The quantitative estimate of drug-likeness (QED) is 0.764. The summed E-state index contributed by atoms with van der Waals surface area (Å²) in [6, 6.07) is 7.12. The van der Waals surface area contributed by atoms with Gasteiger partial charge in [0.05, 0.1) is 22.7 Å². The van der Waals surface area contributed by atoms with Crippen LogP contribution in [0.3, 0.4) is 0 Å². The number of amides is 1. The molecule has 0 saturated heterocycles. The molecular formula is C12H9N5O3S. The van der Waals surface area contributed by atoms with Gasteiger partial charge in [0, 0.05) is 12.4 Å². The molecule has 0 aliphatic carbocycles. The summed E-state index contributed by atoms with van der Waals surface area (Å²) in [6.45, 7) is 0. The second kappa shape index (κ2) is 6.08. The molecule has 1 aromatic heterocycles. The molecule has 2 aromatic rings. The van der Waals surface area contributed by atoms with Crippen molar-refractivity contribution in [1.82, 2.24) is 20.2 Å². The van der Waals surface area contributed by atoms with E-state index in [2.05, 4.69) is 9.97 Å². The first-order valence-corrected chi connectivity index (χ1v) is 7.09. The van der Waals surface area contributed by atoms with Crippen molar-refractivity contribution in [3.63, 3.8) is 0 Å². The van der Waals surface area contributed by atoms with E-state index in [-0.39, 0.29) is 10.6 Å². The Morgan fingerprint density at radius 3 is 2.48 bits per heavy atom. The van der Waals surface area contributed by atoms with Gasteiger partial charge in [-0.15, -0.1) is 4.83 Å². The van der Waals surface area contributed by atoms with E-state index in [1.54, 1.807) is 0 Å². The van der Waals surface area contributed by atoms with Gasteiger partial charge in [-0.2, -0.15) is 5.26 Å². The average molecular weight is 303 g/mol. The summed E-state index contributed by atoms with van der Waals surface area (Å²) in [5, 5.41) is 8.65. The number of rotatable bonds is 4. The number of hydrogen-bond donors (Lipinski definition) is 2. The second-order valence-corrected chi connectivity index (χ2v) is 5.47. The Balaban J connectivity index is 2.08. The van der Waals surface area contributed by atoms with Gasteiger partial charge < -0.3 is 0 Å². The highest BCUT2D eigenvalue weighted by molar-refractivity contribution is 7.89. The summed E-state index contributed by atoms with van der Waals surface area (Å²) >= 11 is 0. The van der Waals surface area contributed by atoms with Crippen LogP contribution in [0.5, 0.6) is 0 Å². The number of nitrogens with one attached hydrogen (secondary N) is 2. The molecule has 0 aliphatic rings. The maximum atomic E-state index is 11.9. The molecule has 1 heterocycles. The molecule has 21 heavy (non-hydrogen) atoms. The number of sulfonamides is 1. The normalized spacial score (nSPS) is 10.6. The van der Waals surface area contributed by atoms with E-state index in [0.717, 1.165) is 0 Å². The topological polar surface area (TPSA) is 125 Å². The number of hydrazine groups is 1. The third-order valence-corrected chi connectivity index (χ3v) is 3.65. The lowest BCUT2D eigenvalue weighted by molar-refractivity contribution is 0.0939. The Morgan fingerprint density at radius 1 is 1.19 bits per heavy atom. The van der Waals surface area contributed by atoms with Crippen LogP contribution in [0.25, 0.3) is 0 Å². The molecule has 0 atom stereocenters. The Labute approximate surface area is 120 Å². The number of nitriles is 1. The average Bonchev–Trinajstić information content (AvgIpc) is 2.53. The maximum absolute atomic E-state index is 11.9. The highest BCUT2D eigenvalue weighted by Gasteiger charge is 2.16. The lowest BCUT2D eigenvalue weighted by atomic mass is 10.2. The first-order chi connectivity index (χ1) is 10.0. The van der Waals surface area contributed by atoms with E-state index in [1.807, 2.05) is 16.3 Å². The van der Waals surface area contributed by atoms with Crippen molar-refractivity contribution in [2.45, 2.75) is 4.90 Å². The predicted molar refractivity (Wildman–Crippen MR) is 71.0 cm³/mol. The van der Waals surface area contributed by atoms with Gasteiger partial charge in [0.15, 0.2) is 0 Å². The van der Waals surface area contributed by atoms with E-state index < -0.39 is 15.9 Å². The highest BCUT2D eigenvalue weighted by atomic mass is 32.2. The first-order valence-electron chi connectivity index (χ1n) is 5.61. The molecule has 0 unspecified atom stereocenters. The summed E-state index contributed by atoms with van der Waals surface area (Å²) in [5.41, 5.74) is 2.33. The van der Waals surface area contributed by atoms with Crippen LogP contribution in [0, 0.1) is 11.3 Å². The molecule has 0 saturated carbocycles.